The van der Waals surface area contributed by atoms with Crippen molar-refractivity contribution in [3.8, 4) is 0 Å². The molecule has 2 rings (SSSR count). The van der Waals surface area contributed by atoms with E-state index >= 15 is 0 Å². The predicted octanol–water partition coefficient (Wildman–Crippen LogP) is 2.97. The fraction of sp³-hybridized carbons (Fsp3) is 0.312. The van der Waals surface area contributed by atoms with Gasteiger partial charge in [-0.3, -0.25) is 4.98 Å². The maximum absolute atomic E-state index is 14.2. The van der Waals surface area contributed by atoms with Gasteiger partial charge in [-0.15, -0.1) is 0 Å². The lowest BCUT2D eigenvalue weighted by molar-refractivity contribution is 0.613. The second kappa shape index (κ2) is 7.01. The van der Waals surface area contributed by atoms with Gasteiger partial charge in [0.25, 0.3) is 0 Å². The number of hydrogen-bond donors (Lipinski definition) is 1. The zero-order chi connectivity index (χ0) is 14.4. The Labute approximate surface area is 119 Å². The molecule has 106 valence electrons. The smallest absolute Gasteiger partial charge is 0.146 e. The first-order chi connectivity index (χ1) is 9.76. The van der Waals surface area contributed by atoms with Crippen LogP contribution in [0.2, 0.25) is 0 Å². The van der Waals surface area contributed by atoms with E-state index in [2.05, 4.69) is 15.2 Å². The molecule has 0 unspecified atom stereocenters. The van der Waals surface area contributed by atoms with Crippen molar-refractivity contribution in [2.24, 2.45) is 0 Å². The van der Waals surface area contributed by atoms with Gasteiger partial charge >= 0.3 is 0 Å². The number of anilines is 1. The number of nitrogens with zero attached hydrogens (tertiary/aromatic N) is 2. The summed E-state index contributed by atoms with van der Waals surface area (Å²) < 4.78 is 14.2. The minimum atomic E-state index is -0.173. The Balaban J connectivity index is 2.31. The molecule has 2 aromatic rings. The molecule has 0 aliphatic rings. The van der Waals surface area contributed by atoms with Gasteiger partial charge in [0, 0.05) is 32.0 Å². The second-order valence-electron chi connectivity index (χ2n) is 4.65. The first kappa shape index (κ1) is 14.5. The highest BCUT2D eigenvalue weighted by molar-refractivity contribution is 5.55. The number of hydrogen-bond acceptors (Lipinski definition) is 3. The van der Waals surface area contributed by atoms with Crippen LogP contribution in [0.1, 0.15) is 18.1 Å². The highest BCUT2D eigenvalue weighted by atomic mass is 19.1. The third-order valence-corrected chi connectivity index (χ3v) is 3.26. The fourth-order valence-corrected chi connectivity index (χ4v) is 2.30. The van der Waals surface area contributed by atoms with Crippen LogP contribution in [-0.4, -0.2) is 18.6 Å². The first-order valence-corrected chi connectivity index (χ1v) is 6.82. The molecular weight excluding hydrogens is 253 g/mol. The molecule has 1 N–H and O–H groups in total. The third kappa shape index (κ3) is 3.33. The van der Waals surface area contributed by atoms with Gasteiger partial charge in [0.05, 0.1) is 5.69 Å². The summed E-state index contributed by atoms with van der Waals surface area (Å²) in [6.45, 7) is 4.12. The van der Waals surface area contributed by atoms with E-state index in [-0.39, 0.29) is 5.82 Å². The van der Waals surface area contributed by atoms with Crippen LogP contribution in [0.15, 0.2) is 42.7 Å². The minimum absolute atomic E-state index is 0.173. The normalized spacial score (nSPS) is 10.6. The lowest BCUT2D eigenvalue weighted by Gasteiger charge is -2.26. The topological polar surface area (TPSA) is 28.2 Å². The van der Waals surface area contributed by atoms with Crippen LogP contribution in [0.25, 0.3) is 0 Å². The van der Waals surface area contributed by atoms with Crippen LogP contribution >= 0.6 is 0 Å². The molecule has 0 aliphatic heterocycles. The van der Waals surface area contributed by atoms with Gasteiger partial charge < -0.3 is 10.2 Å². The largest absolute Gasteiger partial charge is 0.365 e. The number of rotatable bonds is 6. The van der Waals surface area contributed by atoms with Gasteiger partial charge in [-0.25, -0.2) is 4.39 Å². The molecular formula is C16H20FN3. The molecule has 0 radical (unpaired) electrons. The predicted molar refractivity (Wildman–Crippen MR) is 80.1 cm³/mol. The van der Waals surface area contributed by atoms with Gasteiger partial charge in [-0.2, -0.15) is 0 Å². The fourth-order valence-electron chi connectivity index (χ4n) is 2.30. The average Bonchev–Trinajstić information content (AvgIpc) is 2.47. The van der Waals surface area contributed by atoms with E-state index in [4.69, 9.17) is 0 Å². The number of nitrogens with one attached hydrogen (secondary N) is 1. The molecule has 20 heavy (non-hydrogen) atoms. The number of aromatic nitrogens is 1. The monoisotopic (exact) mass is 273 g/mol. The molecule has 0 bridgehead atoms. The van der Waals surface area contributed by atoms with Gasteiger partial charge in [-0.05, 0) is 43.3 Å². The highest BCUT2D eigenvalue weighted by Crippen LogP contribution is 2.26. The average molecular weight is 273 g/mol. The number of pyridine rings is 1. The van der Waals surface area contributed by atoms with Crippen molar-refractivity contribution in [3.63, 3.8) is 0 Å². The summed E-state index contributed by atoms with van der Waals surface area (Å²) in [6, 6.07) is 9.15. The molecule has 0 spiro atoms. The third-order valence-electron chi connectivity index (χ3n) is 3.26. The van der Waals surface area contributed by atoms with Crippen molar-refractivity contribution >= 4 is 5.69 Å². The maximum Gasteiger partial charge on any atom is 0.146 e. The van der Waals surface area contributed by atoms with Gasteiger partial charge in [0.2, 0.25) is 0 Å². The zero-order valence-electron chi connectivity index (χ0n) is 11.9. The minimum Gasteiger partial charge on any atom is -0.365 e. The summed E-state index contributed by atoms with van der Waals surface area (Å²) in [4.78, 5) is 6.07. The molecule has 4 heteroatoms. The van der Waals surface area contributed by atoms with E-state index in [9.17, 15) is 4.39 Å². The Morgan fingerprint density at radius 3 is 2.60 bits per heavy atom. The molecule has 0 fully saturated rings. The summed E-state index contributed by atoms with van der Waals surface area (Å²) in [5.74, 6) is -0.173. The van der Waals surface area contributed by atoms with Crippen molar-refractivity contribution in [2.75, 3.05) is 18.5 Å². The van der Waals surface area contributed by atoms with Crippen molar-refractivity contribution in [3.05, 3.63) is 59.7 Å². The van der Waals surface area contributed by atoms with Gasteiger partial charge in [0.1, 0.15) is 5.82 Å². The van der Waals surface area contributed by atoms with E-state index < -0.39 is 0 Å². The van der Waals surface area contributed by atoms with E-state index in [0.717, 1.165) is 17.7 Å². The molecule has 1 heterocycles. The van der Waals surface area contributed by atoms with E-state index in [0.29, 0.717) is 18.8 Å². The Bertz CT molecular complexity index is 543. The summed E-state index contributed by atoms with van der Waals surface area (Å²) in [7, 11) is 1.87. The number of para-hydroxylation sites is 1. The van der Waals surface area contributed by atoms with Gasteiger partial charge in [-0.1, -0.05) is 12.1 Å². The second-order valence-corrected chi connectivity index (χ2v) is 4.65. The Morgan fingerprint density at radius 2 is 1.95 bits per heavy atom. The Kier molecular flexibility index (Phi) is 5.07. The Morgan fingerprint density at radius 1 is 1.20 bits per heavy atom. The van der Waals surface area contributed by atoms with Crippen LogP contribution in [0.3, 0.4) is 0 Å². The SMILES string of the molecule is CCN(Cc1ccncc1)c1c(F)cccc1CNC. The molecule has 0 atom stereocenters. The van der Waals surface area contributed by atoms with Crippen molar-refractivity contribution in [2.45, 2.75) is 20.0 Å². The van der Waals surface area contributed by atoms with Crippen molar-refractivity contribution < 1.29 is 4.39 Å². The first-order valence-electron chi connectivity index (χ1n) is 6.82. The van der Waals surface area contributed by atoms with Crippen molar-refractivity contribution in [1.82, 2.24) is 10.3 Å². The molecule has 0 amide bonds. The number of halogens is 1. The molecule has 0 aliphatic carbocycles. The maximum atomic E-state index is 14.2. The Hall–Kier alpha value is -1.94. The van der Waals surface area contributed by atoms with Crippen LogP contribution in [0, 0.1) is 5.82 Å². The highest BCUT2D eigenvalue weighted by Gasteiger charge is 2.14. The lowest BCUT2D eigenvalue weighted by Crippen LogP contribution is -2.25. The molecule has 1 aromatic carbocycles. The summed E-state index contributed by atoms with van der Waals surface area (Å²) in [6.07, 6.45) is 3.53. The standard InChI is InChI=1S/C16H20FN3/c1-3-20(12-13-7-9-19-10-8-13)16-14(11-18-2)5-4-6-15(16)17/h4-10,18H,3,11-12H2,1-2H3. The molecule has 0 saturated heterocycles. The molecule has 3 nitrogen and oxygen atoms in total. The lowest BCUT2D eigenvalue weighted by atomic mass is 10.1. The summed E-state index contributed by atoms with van der Waals surface area (Å²) >= 11 is 0. The zero-order valence-corrected chi connectivity index (χ0v) is 11.9. The van der Waals surface area contributed by atoms with Crippen LogP contribution in [0.4, 0.5) is 10.1 Å². The quantitative estimate of drug-likeness (QED) is 0.877. The van der Waals surface area contributed by atoms with Crippen molar-refractivity contribution in [1.29, 1.82) is 0 Å². The van der Waals surface area contributed by atoms with Crippen LogP contribution < -0.4 is 10.2 Å². The van der Waals surface area contributed by atoms with Crippen LogP contribution in [-0.2, 0) is 13.1 Å². The van der Waals surface area contributed by atoms with Gasteiger partial charge in [0.15, 0.2) is 0 Å². The van der Waals surface area contributed by atoms with Crippen LogP contribution in [0.5, 0.6) is 0 Å². The summed E-state index contributed by atoms with van der Waals surface area (Å²) in [5.41, 5.74) is 2.78. The number of benzene rings is 1. The van der Waals surface area contributed by atoms with E-state index in [1.165, 1.54) is 6.07 Å². The van der Waals surface area contributed by atoms with E-state index in [1.54, 1.807) is 18.5 Å². The molecule has 1 aromatic heterocycles. The molecule has 0 saturated carbocycles. The van der Waals surface area contributed by atoms with E-state index in [1.807, 2.05) is 32.2 Å². The summed E-state index contributed by atoms with van der Waals surface area (Å²) in [5, 5.41) is 3.09.